The zero-order valence-electron chi connectivity index (χ0n) is 8.07. The van der Waals surface area contributed by atoms with Gasteiger partial charge in [-0.05, 0) is 29.5 Å². The zero-order chi connectivity index (χ0) is 10.8. The minimum Gasteiger partial charge on any atom is -0.306 e. The number of H-pyrrole nitrogens is 1. The Bertz CT molecular complexity index is 531. The molecular weight excluding hydrogens is 307 g/mol. The van der Waals surface area contributed by atoms with Crippen LogP contribution in [0.25, 0.3) is 11.4 Å². The molecule has 2 aromatic heterocycles. The number of nitrogens with one attached hydrogen (secondary N) is 1. The lowest BCUT2D eigenvalue weighted by Crippen LogP contribution is -2.11. The van der Waals surface area contributed by atoms with Crippen LogP contribution in [-0.2, 0) is 6.54 Å². The Hall–Kier alpha value is -1.18. The second-order valence-corrected chi connectivity index (χ2v) is 4.16. The molecule has 0 aliphatic heterocycles. The predicted molar refractivity (Wildman–Crippen MR) is 64.5 cm³/mol. The highest BCUT2D eigenvalue weighted by Crippen LogP contribution is 2.11. The Morgan fingerprint density at radius 1 is 1.53 bits per heavy atom. The van der Waals surface area contributed by atoms with E-state index < -0.39 is 0 Å². The monoisotopic (exact) mass is 316 g/mol. The second kappa shape index (κ2) is 4.13. The van der Waals surface area contributed by atoms with Gasteiger partial charge in [0.1, 0.15) is 5.82 Å². The van der Waals surface area contributed by atoms with Crippen LogP contribution in [0.2, 0.25) is 0 Å². The highest BCUT2D eigenvalue weighted by atomic mass is 127. The maximum absolute atomic E-state index is 11.4. The van der Waals surface area contributed by atoms with Gasteiger partial charge in [0.05, 0.1) is 15.3 Å². The molecule has 0 bridgehead atoms. The van der Waals surface area contributed by atoms with Crippen LogP contribution in [0.4, 0.5) is 0 Å². The molecule has 0 spiro atoms. The first-order valence-corrected chi connectivity index (χ1v) is 5.56. The molecule has 1 N–H and O–H groups in total. The van der Waals surface area contributed by atoms with Crippen molar-refractivity contribution in [2.75, 3.05) is 0 Å². The minimum atomic E-state index is -0.121. The summed E-state index contributed by atoms with van der Waals surface area (Å²) >= 11 is 1.95. The van der Waals surface area contributed by atoms with Gasteiger partial charge in [-0.25, -0.2) is 4.98 Å². The fourth-order valence-corrected chi connectivity index (χ4v) is 1.46. The van der Waals surface area contributed by atoms with E-state index in [0.717, 1.165) is 12.1 Å². The molecule has 0 fully saturated rings. The molecule has 78 valence electrons. The number of nitrogens with zero attached hydrogens (tertiary/aromatic N) is 3. The van der Waals surface area contributed by atoms with Gasteiger partial charge in [-0.15, -0.1) is 0 Å². The quantitative estimate of drug-likeness (QED) is 0.849. The molecule has 5 nitrogen and oxygen atoms in total. The first kappa shape index (κ1) is 10.3. The third kappa shape index (κ3) is 2.09. The van der Waals surface area contributed by atoms with Crippen LogP contribution in [0, 0.1) is 3.57 Å². The average Bonchev–Trinajstić information content (AvgIpc) is 2.70. The Labute approximate surface area is 99.7 Å². The molecule has 2 aromatic rings. The summed E-state index contributed by atoms with van der Waals surface area (Å²) in [4.78, 5) is 18.2. The Morgan fingerprint density at radius 2 is 2.33 bits per heavy atom. The number of hydrogen-bond donors (Lipinski definition) is 1. The number of halogens is 1. The van der Waals surface area contributed by atoms with E-state index in [9.17, 15) is 4.79 Å². The lowest BCUT2D eigenvalue weighted by atomic mass is 10.3. The van der Waals surface area contributed by atoms with E-state index in [1.807, 2.05) is 35.7 Å². The summed E-state index contributed by atoms with van der Waals surface area (Å²) in [5, 5.41) is 4.12. The Kier molecular flexibility index (Phi) is 2.85. The van der Waals surface area contributed by atoms with Crippen LogP contribution in [0.15, 0.2) is 23.4 Å². The summed E-state index contributed by atoms with van der Waals surface area (Å²) in [6.07, 6.45) is 5.10. The molecule has 6 heteroatoms. The maximum Gasteiger partial charge on any atom is 0.264 e. The highest BCUT2D eigenvalue weighted by Gasteiger charge is 2.04. The van der Waals surface area contributed by atoms with Crippen LogP contribution in [0.5, 0.6) is 0 Å². The molecule has 0 unspecified atom stereocenters. The van der Waals surface area contributed by atoms with Gasteiger partial charge in [0.25, 0.3) is 5.56 Å². The third-order valence-corrected chi connectivity index (χ3v) is 2.75. The molecule has 0 aliphatic carbocycles. The van der Waals surface area contributed by atoms with Crippen molar-refractivity contribution in [3.05, 3.63) is 32.5 Å². The van der Waals surface area contributed by atoms with E-state index in [1.54, 1.807) is 17.1 Å². The van der Waals surface area contributed by atoms with Crippen molar-refractivity contribution in [3.63, 3.8) is 0 Å². The molecule has 0 amide bonds. The number of aromatic amines is 1. The summed E-state index contributed by atoms with van der Waals surface area (Å²) in [7, 11) is 0. The predicted octanol–water partition coefficient (Wildman–Crippen LogP) is 1.26. The van der Waals surface area contributed by atoms with Crippen molar-refractivity contribution in [1.29, 1.82) is 0 Å². The minimum absolute atomic E-state index is 0.121. The number of hydrogen-bond acceptors (Lipinski definition) is 3. The fourth-order valence-electron chi connectivity index (χ4n) is 1.18. The summed E-state index contributed by atoms with van der Waals surface area (Å²) in [5.74, 6) is 0.556. The molecule has 0 saturated carbocycles. The average molecular weight is 316 g/mol. The highest BCUT2D eigenvalue weighted by molar-refractivity contribution is 14.1. The Balaban J connectivity index is 2.45. The van der Waals surface area contributed by atoms with Gasteiger partial charge < -0.3 is 4.98 Å². The molecule has 0 aliphatic rings. The molecular formula is C9H9IN4O. The maximum atomic E-state index is 11.4. The molecule has 2 rings (SSSR count). The Morgan fingerprint density at radius 3 is 2.93 bits per heavy atom. The zero-order valence-corrected chi connectivity index (χ0v) is 10.2. The lowest BCUT2D eigenvalue weighted by Gasteiger charge is -1.96. The number of rotatable bonds is 2. The fraction of sp³-hybridized carbons (Fsp3) is 0.222. The SMILES string of the molecule is CCn1cc(-c2ncc(I)c(=O)[nH]2)cn1. The normalized spacial score (nSPS) is 10.5. The van der Waals surface area contributed by atoms with Crippen molar-refractivity contribution in [1.82, 2.24) is 19.7 Å². The molecule has 0 aromatic carbocycles. The summed E-state index contributed by atoms with van der Waals surface area (Å²) in [6.45, 7) is 2.80. The van der Waals surface area contributed by atoms with E-state index >= 15 is 0 Å². The van der Waals surface area contributed by atoms with Gasteiger partial charge in [0.15, 0.2) is 0 Å². The van der Waals surface area contributed by atoms with E-state index in [0.29, 0.717) is 9.39 Å². The van der Waals surface area contributed by atoms with Gasteiger partial charge in [-0.1, -0.05) is 0 Å². The van der Waals surface area contributed by atoms with Crippen molar-refractivity contribution in [2.45, 2.75) is 13.5 Å². The first-order chi connectivity index (χ1) is 7.20. The first-order valence-electron chi connectivity index (χ1n) is 4.48. The van der Waals surface area contributed by atoms with Crippen molar-refractivity contribution >= 4 is 22.6 Å². The van der Waals surface area contributed by atoms with Gasteiger partial charge >= 0.3 is 0 Å². The summed E-state index contributed by atoms with van der Waals surface area (Å²) in [5.41, 5.74) is 0.704. The standard InChI is InChI=1S/C9H9IN4O/c1-2-14-5-6(3-12-14)8-11-4-7(10)9(15)13-8/h3-5H,2H2,1H3,(H,11,13,15). The van der Waals surface area contributed by atoms with Crippen LogP contribution in [-0.4, -0.2) is 19.7 Å². The third-order valence-electron chi connectivity index (χ3n) is 1.99. The number of aryl methyl sites for hydroxylation is 1. The largest absolute Gasteiger partial charge is 0.306 e. The van der Waals surface area contributed by atoms with Crippen molar-refractivity contribution in [2.24, 2.45) is 0 Å². The van der Waals surface area contributed by atoms with Crippen LogP contribution >= 0.6 is 22.6 Å². The molecule has 2 heterocycles. The van der Waals surface area contributed by atoms with Gasteiger partial charge in [0.2, 0.25) is 0 Å². The molecule has 0 radical (unpaired) electrons. The van der Waals surface area contributed by atoms with Gasteiger partial charge in [0, 0.05) is 18.9 Å². The topological polar surface area (TPSA) is 63.6 Å². The van der Waals surface area contributed by atoms with Gasteiger partial charge in [-0.2, -0.15) is 5.10 Å². The summed E-state index contributed by atoms with van der Waals surface area (Å²) < 4.78 is 2.37. The molecule has 15 heavy (non-hydrogen) atoms. The number of aromatic nitrogens is 4. The van der Waals surface area contributed by atoms with Crippen molar-refractivity contribution in [3.8, 4) is 11.4 Å². The molecule has 0 saturated heterocycles. The van der Waals surface area contributed by atoms with Gasteiger partial charge in [-0.3, -0.25) is 9.48 Å². The van der Waals surface area contributed by atoms with E-state index in [1.165, 1.54) is 0 Å². The van der Waals surface area contributed by atoms with E-state index in [4.69, 9.17) is 0 Å². The molecule has 0 atom stereocenters. The smallest absolute Gasteiger partial charge is 0.264 e. The van der Waals surface area contributed by atoms with Crippen LogP contribution in [0.1, 0.15) is 6.92 Å². The van der Waals surface area contributed by atoms with Crippen LogP contribution in [0.3, 0.4) is 0 Å². The van der Waals surface area contributed by atoms with E-state index in [2.05, 4.69) is 15.1 Å². The van der Waals surface area contributed by atoms with Crippen LogP contribution < -0.4 is 5.56 Å². The lowest BCUT2D eigenvalue weighted by molar-refractivity contribution is 0.660. The van der Waals surface area contributed by atoms with Crippen molar-refractivity contribution < 1.29 is 0 Å². The summed E-state index contributed by atoms with van der Waals surface area (Å²) in [6, 6.07) is 0. The van der Waals surface area contributed by atoms with E-state index in [-0.39, 0.29) is 5.56 Å². The second-order valence-electron chi connectivity index (χ2n) is 2.99.